The average molecular weight is 564 g/mol. The van der Waals surface area contributed by atoms with Crippen molar-refractivity contribution < 1.29 is 9.90 Å². The van der Waals surface area contributed by atoms with Gasteiger partial charge in [-0.1, -0.05) is 72.8 Å². The highest BCUT2D eigenvalue weighted by atomic mass is 16.3. The van der Waals surface area contributed by atoms with Crippen LogP contribution >= 0.6 is 0 Å². The van der Waals surface area contributed by atoms with Crippen LogP contribution in [-0.4, -0.2) is 64.5 Å². The normalized spacial score (nSPS) is 22.8. The summed E-state index contributed by atoms with van der Waals surface area (Å²) in [5.41, 5.74) is 16.1. The zero-order valence-electron chi connectivity index (χ0n) is 24.1. The van der Waals surface area contributed by atoms with Gasteiger partial charge in [-0.15, -0.1) is 0 Å². The van der Waals surface area contributed by atoms with E-state index < -0.39 is 5.41 Å². The van der Waals surface area contributed by atoms with Gasteiger partial charge in [0.1, 0.15) is 5.75 Å². The summed E-state index contributed by atoms with van der Waals surface area (Å²) >= 11 is 0. The lowest BCUT2D eigenvalue weighted by molar-refractivity contribution is -0.138. The first-order chi connectivity index (χ1) is 20.5. The Labute approximate surface area is 248 Å². The summed E-state index contributed by atoms with van der Waals surface area (Å²) in [4.78, 5) is 21.5. The summed E-state index contributed by atoms with van der Waals surface area (Å²) in [6.07, 6.45) is 5.90. The Morgan fingerprint density at radius 1 is 0.881 bits per heavy atom. The highest BCUT2D eigenvalue weighted by molar-refractivity contribution is 5.89. The quantitative estimate of drug-likeness (QED) is 0.372. The molecular formula is C35H41N5O2. The molecular weight excluding hydrogens is 522 g/mol. The molecule has 0 aromatic heterocycles. The van der Waals surface area contributed by atoms with Crippen LogP contribution in [0.5, 0.6) is 5.75 Å². The Morgan fingerprint density at radius 3 is 2.24 bits per heavy atom. The molecule has 0 bridgehead atoms. The van der Waals surface area contributed by atoms with E-state index in [1.165, 1.54) is 5.56 Å². The van der Waals surface area contributed by atoms with Crippen molar-refractivity contribution in [1.82, 2.24) is 14.7 Å². The second kappa shape index (κ2) is 11.9. The maximum absolute atomic E-state index is 14.6. The number of amides is 1. The van der Waals surface area contributed by atoms with Gasteiger partial charge in [0, 0.05) is 56.2 Å². The second-order valence-corrected chi connectivity index (χ2v) is 11.9. The van der Waals surface area contributed by atoms with Crippen LogP contribution < -0.4 is 11.5 Å². The van der Waals surface area contributed by atoms with E-state index in [0.717, 1.165) is 43.9 Å². The molecule has 3 aliphatic rings. The number of hydrogen-bond acceptors (Lipinski definition) is 6. The predicted molar refractivity (Wildman–Crippen MR) is 167 cm³/mol. The smallest absolute Gasteiger partial charge is 0.233 e. The molecule has 0 unspecified atom stereocenters. The van der Waals surface area contributed by atoms with Crippen molar-refractivity contribution in [3.63, 3.8) is 0 Å². The molecule has 218 valence electrons. The van der Waals surface area contributed by atoms with Crippen LogP contribution in [0.15, 0.2) is 103 Å². The summed E-state index contributed by atoms with van der Waals surface area (Å²) in [5, 5.41) is 10.3. The van der Waals surface area contributed by atoms with E-state index in [9.17, 15) is 9.90 Å². The lowest BCUT2D eigenvalue weighted by atomic mass is 9.71. The molecule has 3 saturated heterocycles. The van der Waals surface area contributed by atoms with Crippen LogP contribution in [0.1, 0.15) is 36.0 Å². The Kier molecular flexibility index (Phi) is 7.94. The second-order valence-electron chi connectivity index (χ2n) is 11.9. The Balaban J connectivity index is 1.19. The van der Waals surface area contributed by atoms with Gasteiger partial charge in [-0.2, -0.15) is 0 Å². The molecule has 7 heteroatoms. The SMILES string of the molecule is N/C=C(\C=C(/N)c1ccccc1O)N1CCC(C(=O)N2C[C@@H]3CCN(Cc4ccccc4)[C@@H]3C2)(c2ccccc2)CC1. The summed E-state index contributed by atoms with van der Waals surface area (Å²) in [5.74, 6) is 0.914. The fourth-order valence-electron chi connectivity index (χ4n) is 7.26. The summed E-state index contributed by atoms with van der Waals surface area (Å²) in [7, 11) is 0. The van der Waals surface area contributed by atoms with E-state index in [0.29, 0.717) is 49.2 Å². The fraction of sp³-hybridized carbons (Fsp3) is 0.343. The molecule has 5 N–H and O–H groups in total. The van der Waals surface area contributed by atoms with Crippen molar-refractivity contribution in [3.8, 4) is 5.75 Å². The molecule has 6 rings (SSSR count). The van der Waals surface area contributed by atoms with Crippen molar-refractivity contribution in [2.75, 3.05) is 32.7 Å². The maximum atomic E-state index is 14.6. The van der Waals surface area contributed by atoms with Crippen molar-refractivity contribution >= 4 is 11.6 Å². The third-order valence-corrected chi connectivity index (χ3v) is 9.59. The number of piperidine rings is 1. The number of benzene rings is 3. The minimum Gasteiger partial charge on any atom is -0.507 e. The van der Waals surface area contributed by atoms with Crippen LogP contribution in [-0.2, 0) is 16.8 Å². The molecule has 3 aliphatic heterocycles. The van der Waals surface area contributed by atoms with E-state index in [1.807, 2.05) is 30.3 Å². The standard InChI is InChI=1S/C35H41N5O2/c36-22-29(21-31(37)30-13-7-8-14-33(30)41)38-19-16-35(17-20-38,28-11-5-2-6-12-28)34(42)40-24-27-15-18-39(32(27)25-40)23-26-9-3-1-4-10-26/h1-14,21-22,27,32,41H,15-20,23-25,36-37H2/b29-22+,31-21-/t27-,32+/m0/s1. The van der Waals surface area contributed by atoms with E-state index in [2.05, 4.69) is 57.2 Å². The van der Waals surface area contributed by atoms with Gasteiger partial charge < -0.3 is 26.4 Å². The molecule has 42 heavy (non-hydrogen) atoms. The lowest BCUT2D eigenvalue weighted by Gasteiger charge is -2.44. The number of phenolic OH excluding ortho intramolecular Hbond substituents is 1. The average Bonchev–Trinajstić information content (AvgIpc) is 3.62. The van der Waals surface area contributed by atoms with Gasteiger partial charge >= 0.3 is 0 Å². The van der Waals surface area contributed by atoms with Crippen molar-refractivity contribution in [2.45, 2.75) is 37.3 Å². The first kappa shape index (κ1) is 27.9. The molecule has 3 aromatic rings. The summed E-state index contributed by atoms with van der Waals surface area (Å²) < 4.78 is 0. The molecule has 1 amide bonds. The van der Waals surface area contributed by atoms with Gasteiger partial charge in [0.15, 0.2) is 0 Å². The van der Waals surface area contributed by atoms with Crippen LogP contribution in [0.25, 0.3) is 5.70 Å². The molecule has 0 spiro atoms. The summed E-state index contributed by atoms with van der Waals surface area (Å²) in [6.45, 7) is 5.01. The highest BCUT2D eigenvalue weighted by Crippen LogP contribution is 2.41. The van der Waals surface area contributed by atoms with Gasteiger partial charge in [-0.25, -0.2) is 0 Å². The van der Waals surface area contributed by atoms with E-state index in [4.69, 9.17) is 11.5 Å². The predicted octanol–water partition coefficient (Wildman–Crippen LogP) is 4.26. The fourth-order valence-corrected chi connectivity index (χ4v) is 7.26. The molecule has 7 nitrogen and oxygen atoms in total. The number of aromatic hydroxyl groups is 1. The minimum atomic E-state index is -0.576. The van der Waals surface area contributed by atoms with Gasteiger partial charge in [0.05, 0.1) is 11.1 Å². The number of likely N-dealkylation sites (tertiary alicyclic amines) is 3. The zero-order valence-corrected chi connectivity index (χ0v) is 24.1. The number of allylic oxidation sites excluding steroid dienone is 1. The number of carbonyl (C=O) groups excluding carboxylic acids is 1. The van der Waals surface area contributed by atoms with Crippen LogP contribution in [0.3, 0.4) is 0 Å². The number of nitrogens with two attached hydrogens (primary N) is 2. The van der Waals surface area contributed by atoms with Gasteiger partial charge in [0.25, 0.3) is 0 Å². The van der Waals surface area contributed by atoms with Crippen LogP contribution in [0, 0.1) is 5.92 Å². The third-order valence-electron chi connectivity index (χ3n) is 9.59. The van der Waals surface area contributed by atoms with Crippen LogP contribution in [0.2, 0.25) is 0 Å². The number of fused-ring (bicyclic) bond motifs is 1. The monoisotopic (exact) mass is 563 g/mol. The lowest BCUT2D eigenvalue weighted by Crippen LogP contribution is -2.53. The Bertz CT molecular complexity index is 1450. The number of nitrogens with zero attached hydrogens (tertiary/aromatic N) is 3. The first-order valence-electron chi connectivity index (χ1n) is 15.0. The van der Waals surface area contributed by atoms with Crippen molar-refractivity contribution in [3.05, 3.63) is 120 Å². The van der Waals surface area contributed by atoms with Gasteiger partial charge in [0.2, 0.25) is 5.91 Å². The Hall–Kier alpha value is -4.23. The number of para-hydroxylation sites is 1. The number of rotatable bonds is 7. The maximum Gasteiger partial charge on any atom is 0.233 e. The molecule has 0 saturated carbocycles. The minimum absolute atomic E-state index is 0.132. The van der Waals surface area contributed by atoms with E-state index in [-0.39, 0.29) is 11.7 Å². The van der Waals surface area contributed by atoms with Crippen molar-refractivity contribution in [2.24, 2.45) is 17.4 Å². The molecule has 3 heterocycles. The highest BCUT2D eigenvalue weighted by Gasteiger charge is 2.50. The largest absolute Gasteiger partial charge is 0.507 e. The number of carbonyl (C=O) groups is 1. The van der Waals surface area contributed by atoms with Crippen molar-refractivity contribution in [1.29, 1.82) is 0 Å². The van der Waals surface area contributed by atoms with Gasteiger partial charge in [-0.05, 0) is 61.1 Å². The first-order valence-corrected chi connectivity index (χ1v) is 15.0. The molecule has 3 fully saturated rings. The van der Waals surface area contributed by atoms with Gasteiger partial charge in [-0.3, -0.25) is 9.69 Å². The topological polar surface area (TPSA) is 99.1 Å². The summed E-state index contributed by atoms with van der Waals surface area (Å²) in [6, 6.07) is 28.4. The molecule has 0 aliphatic carbocycles. The zero-order chi connectivity index (χ0) is 29.1. The number of phenols is 1. The molecule has 0 radical (unpaired) electrons. The van der Waals surface area contributed by atoms with E-state index >= 15 is 0 Å². The van der Waals surface area contributed by atoms with E-state index in [1.54, 1.807) is 24.4 Å². The Morgan fingerprint density at radius 2 is 1.55 bits per heavy atom. The number of hydrogen-bond donors (Lipinski definition) is 3. The molecule has 2 atom stereocenters. The molecule has 3 aromatic carbocycles. The third kappa shape index (κ3) is 5.37. The van der Waals surface area contributed by atoms with Crippen LogP contribution in [0.4, 0.5) is 0 Å².